The molecule has 0 spiro atoms. The number of hydrogen-bond donors (Lipinski definition) is 1. The monoisotopic (exact) mass is 413 g/mol. The Hall–Kier alpha value is -2.24. The van der Waals surface area contributed by atoms with E-state index < -0.39 is 0 Å². The summed E-state index contributed by atoms with van der Waals surface area (Å²) in [5.41, 5.74) is 3.31. The van der Waals surface area contributed by atoms with Gasteiger partial charge >= 0.3 is 0 Å². The predicted molar refractivity (Wildman–Crippen MR) is 116 cm³/mol. The fourth-order valence-electron chi connectivity index (χ4n) is 2.88. The Morgan fingerprint density at radius 2 is 1.86 bits per heavy atom. The molecule has 0 saturated carbocycles. The quantitative estimate of drug-likeness (QED) is 0.534. The van der Waals surface area contributed by atoms with Gasteiger partial charge in [0.15, 0.2) is 0 Å². The van der Waals surface area contributed by atoms with Gasteiger partial charge in [-0.15, -0.1) is 0 Å². The van der Waals surface area contributed by atoms with Crippen molar-refractivity contribution in [3.05, 3.63) is 65.3 Å². The molecule has 6 heteroatoms. The predicted octanol–water partition coefficient (Wildman–Crippen LogP) is 5.44. The maximum absolute atomic E-state index is 11.3. The van der Waals surface area contributed by atoms with Gasteiger partial charge < -0.3 is 5.32 Å². The van der Waals surface area contributed by atoms with E-state index in [4.69, 9.17) is 16.7 Å². The maximum atomic E-state index is 11.3. The highest BCUT2D eigenvalue weighted by Crippen LogP contribution is 2.35. The second kappa shape index (κ2) is 9.80. The first-order chi connectivity index (χ1) is 13.6. The Balaban J connectivity index is 1.75. The number of carbonyl (C=O) groups excluding carboxylic acids is 1. The molecule has 1 heterocycles. The number of amides is 1. The first-order valence-corrected chi connectivity index (χ1v) is 10.6. The molecule has 1 aromatic heterocycles. The van der Waals surface area contributed by atoms with Crippen molar-refractivity contribution in [3.63, 3.8) is 0 Å². The van der Waals surface area contributed by atoms with Crippen molar-refractivity contribution in [2.45, 2.75) is 42.5 Å². The van der Waals surface area contributed by atoms with Crippen molar-refractivity contribution < 1.29 is 4.79 Å². The molecule has 28 heavy (non-hydrogen) atoms. The standard InChI is InChI=1S/C22H24ClN3OS/c1-3-26-15-20(28-19-13-11-18(23)12-14-19)22(25-26)17-9-7-16(8-10-17)5-4-6-21(27)24-2/h7-15H,3-6H2,1-2H3,(H,24,27). The minimum absolute atomic E-state index is 0.0885. The van der Waals surface area contributed by atoms with Crippen LogP contribution < -0.4 is 5.32 Å². The summed E-state index contributed by atoms with van der Waals surface area (Å²) in [6, 6.07) is 16.3. The van der Waals surface area contributed by atoms with Crippen LogP contribution >= 0.6 is 23.4 Å². The lowest BCUT2D eigenvalue weighted by atomic mass is 10.0. The summed E-state index contributed by atoms with van der Waals surface area (Å²) >= 11 is 7.69. The largest absolute Gasteiger partial charge is 0.359 e. The zero-order valence-electron chi connectivity index (χ0n) is 16.1. The van der Waals surface area contributed by atoms with Crippen molar-refractivity contribution in [2.24, 2.45) is 0 Å². The molecule has 2 aromatic carbocycles. The van der Waals surface area contributed by atoms with E-state index in [9.17, 15) is 4.79 Å². The second-order valence-corrected chi connectivity index (χ2v) is 8.03. The number of halogens is 1. The van der Waals surface area contributed by atoms with Crippen LogP contribution in [0.25, 0.3) is 11.3 Å². The van der Waals surface area contributed by atoms with Gasteiger partial charge in [-0.3, -0.25) is 9.48 Å². The third-order valence-corrected chi connectivity index (χ3v) is 5.75. The zero-order valence-corrected chi connectivity index (χ0v) is 17.7. The number of nitrogens with one attached hydrogen (secondary N) is 1. The van der Waals surface area contributed by atoms with Gasteiger partial charge in [-0.05, 0) is 49.6 Å². The minimum atomic E-state index is 0.0885. The van der Waals surface area contributed by atoms with Crippen molar-refractivity contribution >= 4 is 29.3 Å². The highest BCUT2D eigenvalue weighted by Gasteiger charge is 2.13. The summed E-state index contributed by atoms with van der Waals surface area (Å²) in [6.07, 6.45) is 4.39. The lowest BCUT2D eigenvalue weighted by Gasteiger charge is -2.05. The first-order valence-electron chi connectivity index (χ1n) is 9.40. The highest BCUT2D eigenvalue weighted by molar-refractivity contribution is 7.99. The van der Waals surface area contributed by atoms with Crippen molar-refractivity contribution in [1.29, 1.82) is 0 Å². The van der Waals surface area contributed by atoms with Crippen LogP contribution in [-0.4, -0.2) is 22.7 Å². The molecule has 1 N–H and O–H groups in total. The highest BCUT2D eigenvalue weighted by atomic mass is 35.5. The van der Waals surface area contributed by atoms with Gasteiger partial charge in [0.2, 0.25) is 5.91 Å². The van der Waals surface area contributed by atoms with Gasteiger partial charge in [0, 0.05) is 41.7 Å². The Bertz CT molecular complexity index is 920. The summed E-state index contributed by atoms with van der Waals surface area (Å²) in [5.74, 6) is 0.0885. The summed E-state index contributed by atoms with van der Waals surface area (Å²) in [7, 11) is 1.67. The smallest absolute Gasteiger partial charge is 0.219 e. The SMILES string of the molecule is CCn1cc(Sc2ccc(Cl)cc2)c(-c2ccc(CCCC(=O)NC)cc2)n1. The lowest BCUT2D eigenvalue weighted by Crippen LogP contribution is -2.17. The van der Waals surface area contributed by atoms with Gasteiger partial charge in [-0.1, -0.05) is 47.6 Å². The molecule has 0 bridgehead atoms. The summed E-state index contributed by atoms with van der Waals surface area (Å²) in [4.78, 5) is 13.6. The molecular weight excluding hydrogens is 390 g/mol. The summed E-state index contributed by atoms with van der Waals surface area (Å²) < 4.78 is 1.96. The number of benzene rings is 2. The molecule has 0 saturated heterocycles. The van der Waals surface area contributed by atoms with E-state index in [1.807, 2.05) is 28.9 Å². The van der Waals surface area contributed by atoms with Gasteiger partial charge in [-0.2, -0.15) is 5.10 Å². The van der Waals surface area contributed by atoms with Crippen molar-refractivity contribution in [3.8, 4) is 11.3 Å². The molecule has 3 rings (SSSR count). The fourth-order valence-corrected chi connectivity index (χ4v) is 3.96. The average molecular weight is 414 g/mol. The Morgan fingerprint density at radius 1 is 1.14 bits per heavy atom. The van der Waals surface area contributed by atoms with Crippen LogP contribution in [0.1, 0.15) is 25.3 Å². The normalized spacial score (nSPS) is 10.8. The molecular formula is C22H24ClN3OS. The van der Waals surface area contributed by atoms with Gasteiger partial charge in [0.1, 0.15) is 5.69 Å². The van der Waals surface area contributed by atoms with Gasteiger partial charge in [0.25, 0.3) is 0 Å². The van der Waals surface area contributed by atoms with Crippen LogP contribution in [0.4, 0.5) is 0 Å². The minimum Gasteiger partial charge on any atom is -0.359 e. The van der Waals surface area contributed by atoms with Crippen LogP contribution in [0, 0.1) is 0 Å². The molecule has 146 valence electrons. The lowest BCUT2D eigenvalue weighted by molar-refractivity contribution is -0.120. The van der Waals surface area contributed by atoms with E-state index in [0.717, 1.165) is 45.5 Å². The molecule has 4 nitrogen and oxygen atoms in total. The average Bonchev–Trinajstić information content (AvgIpc) is 3.13. The van der Waals surface area contributed by atoms with Crippen molar-refractivity contribution in [2.75, 3.05) is 7.05 Å². The van der Waals surface area contributed by atoms with Crippen molar-refractivity contribution in [1.82, 2.24) is 15.1 Å². The number of nitrogens with zero attached hydrogens (tertiary/aromatic N) is 2. The molecule has 0 aliphatic carbocycles. The zero-order chi connectivity index (χ0) is 19.9. The first kappa shape index (κ1) is 20.5. The van der Waals surface area contributed by atoms with Gasteiger partial charge in [0.05, 0.1) is 4.90 Å². The second-order valence-electron chi connectivity index (χ2n) is 6.48. The van der Waals surface area contributed by atoms with Crippen LogP contribution in [0.2, 0.25) is 5.02 Å². The molecule has 0 radical (unpaired) electrons. The van der Waals surface area contributed by atoms with Crippen LogP contribution in [0.15, 0.2) is 64.5 Å². The van der Waals surface area contributed by atoms with E-state index in [1.54, 1.807) is 18.8 Å². The Morgan fingerprint density at radius 3 is 2.50 bits per heavy atom. The molecule has 0 aliphatic rings. The number of hydrogen-bond acceptors (Lipinski definition) is 3. The summed E-state index contributed by atoms with van der Waals surface area (Å²) in [5, 5.41) is 8.15. The molecule has 0 aliphatic heterocycles. The molecule has 3 aromatic rings. The third kappa shape index (κ3) is 5.40. The Kier molecular flexibility index (Phi) is 7.18. The summed E-state index contributed by atoms with van der Waals surface area (Å²) in [6.45, 7) is 2.91. The van der Waals surface area contributed by atoms with E-state index in [1.165, 1.54) is 5.56 Å². The van der Waals surface area contributed by atoms with E-state index in [2.05, 4.69) is 42.7 Å². The number of aryl methyl sites for hydroxylation is 2. The molecule has 0 atom stereocenters. The van der Waals surface area contributed by atoms with Crippen LogP contribution in [0.5, 0.6) is 0 Å². The Labute approximate surface area is 175 Å². The molecule has 0 fully saturated rings. The fraction of sp³-hybridized carbons (Fsp3) is 0.273. The maximum Gasteiger partial charge on any atom is 0.219 e. The van der Waals surface area contributed by atoms with Crippen LogP contribution in [0.3, 0.4) is 0 Å². The molecule has 0 unspecified atom stereocenters. The third-order valence-electron chi connectivity index (χ3n) is 4.47. The number of carbonyl (C=O) groups is 1. The van der Waals surface area contributed by atoms with E-state index >= 15 is 0 Å². The molecule has 1 amide bonds. The topological polar surface area (TPSA) is 46.9 Å². The van der Waals surface area contributed by atoms with Gasteiger partial charge in [-0.25, -0.2) is 0 Å². The van der Waals surface area contributed by atoms with E-state index in [0.29, 0.717) is 6.42 Å². The number of aromatic nitrogens is 2. The van der Waals surface area contributed by atoms with Crippen LogP contribution in [-0.2, 0) is 17.8 Å². The van der Waals surface area contributed by atoms with E-state index in [-0.39, 0.29) is 5.91 Å². The number of rotatable bonds is 8.